The summed E-state index contributed by atoms with van der Waals surface area (Å²) in [4.78, 5) is 11.9. The van der Waals surface area contributed by atoms with E-state index in [1.54, 1.807) is 0 Å². The minimum Gasteiger partial charge on any atom is -0.273 e. The Morgan fingerprint density at radius 1 is 1.30 bits per heavy atom. The Labute approximate surface area is 114 Å². The summed E-state index contributed by atoms with van der Waals surface area (Å²) < 4.78 is 61.9. The van der Waals surface area contributed by atoms with Gasteiger partial charge in [0.1, 0.15) is 0 Å². The highest BCUT2D eigenvalue weighted by Gasteiger charge is 2.52. The van der Waals surface area contributed by atoms with E-state index in [0.29, 0.717) is 12.8 Å². The summed E-state index contributed by atoms with van der Waals surface area (Å²) in [6.45, 7) is 0. The van der Waals surface area contributed by atoms with Crippen LogP contribution in [0, 0.1) is 0 Å². The van der Waals surface area contributed by atoms with Gasteiger partial charge in [0.25, 0.3) is 0 Å². The van der Waals surface area contributed by atoms with E-state index < -0.39 is 33.1 Å². The standard InChI is InChI=1S/C12H12F3NO3S/c1-20(18,19)16-10(17)11(5-6-11)8-3-2-4-9(7-8)12(13,14)15/h2-4,7H,5-6H2,1H3,(H,16,17). The average Bonchev–Trinajstić information content (AvgIpc) is 3.07. The van der Waals surface area contributed by atoms with Crippen molar-refractivity contribution < 1.29 is 26.4 Å². The quantitative estimate of drug-likeness (QED) is 0.926. The molecular formula is C12H12F3NO3S. The van der Waals surface area contributed by atoms with Crippen LogP contribution in [0.5, 0.6) is 0 Å². The Kier molecular flexibility index (Phi) is 3.32. The first-order valence-corrected chi connectivity index (χ1v) is 7.64. The largest absolute Gasteiger partial charge is 0.416 e. The summed E-state index contributed by atoms with van der Waals surface area (Å²) in [5, 5.41) is 0. The Morgan fingerprint density at radius 2 is 1.90 bits per heavy atom. The molecule has 0 bridgehead atoms. The van der Waals surface area contributed by atoms with Gasteiger partial charge >= 0.3 is 6.18 Å². The molecule has 0 atom stereocenters. The molecule has 0 unspecified atom stereocenters. The maximum absolute atomic E-state index is 12.7. The van der Waals surface area contributed by atoms with E-state index in [2.05, 4.69) is 0 Å². The maximum Gasteiger partial charge on any atom is 0.416 e. The Bertz CT molecular complexity index is 648. The molecule has 4 nitrogen and oxygen atoms in total. The van der Waals surface area contributed by atoms with Crippen LogP contribution in [0.4, 0.5) is 13.2 Å². The molecule has 20 heavy (non-hydrogen) atoms. The molecule has 8 heteroatoms. The molecule has 0 aromatic heterocycles. The van der Waals surface area contributed by atoms with E-state index in [4.69, 9.17) is 0 Å². The number of carbonyl (C=O) groups excluding carboxylic acids is 1. The summed E-state index contributed by atoms with van der Waals surface area (Å²) in [6, 6.07) is 4.43. The summed E-state index contributed by atoms with van der Waals surface area (Å²) in [5.41, 5.74) is -1.83. The second-order valence-corrected chi connectivity index (χ2v) is 6.61. The van der Waals surface area contributed by atoms with E-state index in [0.717, 1.165) is 18.4 Å². The third-order valence-corrected chi connectivity index (χ3v) is 3.76. The van der Waals surface area contributed by atoms with Gasteiger partial charge in [0.05, 0.1) is 17.2 Å². The second kappa shape index (κ2) is 4.47. The van der Waals surface area contributed by atoms with E-state index in [1.165, 1.54) is 12.1 Å². The van der Waals surface area contributed by atoms with Crippen molar-refractivity contribution in [3.63, 3.8) is 0 Å². The fourth-order valence-corrected chi connectivity index (χ4v) is 2.56. The third kappa shape index (κ3) is 2.95. The number of hydrogen-bond acceptors (Lipinski definition) is 3. The smallest absolute Gasteiger partial charge is 0.273 e. The van der Waals surface area contributed by atoms with Crippen LogP contribution in [0.25, 0.3) is 0 Å². The number of hydrogen-bond donors (Lipinski definition) is 1. The Morgan fingerprint density at radius 3 is 2.35 bits per heavy atom. The monoisotopic (exact) mass is 307 g/mol. The van der Waals surface area contributed by atoms with Crippen LogP contribution >= 0.6 is 0 Å². The number of nitrogens with one attached hydrogen (secondary N) is 1. The van der Waals surface area contributed by atoms with Crippen molar-refractivity contribution in [3.8, 4) is 0 Å². The van der Waals surface area contributed by atoms with Crippen LogP contribution in [0.1, 0.15) is 24.0 Å². The van der Waals surface area contributed by atoms with Gasteiger partial charge in [-0.2, -0.15) is 13.2 Å². The van der Waals surface area contributed by atoms with Crippen molar-refractivity contribution in [1.29, 1.82) is 0 Å². The molecular weight excluding hydrogens is 295 g/mol. The van der Waals surface area contributed by atoms with E-state index >= 15 is 0 Å². The minimum absolute atomic E-state index is 0.188. The van der Waals surface area contributed by atoms with Crippen molar-refractivity contribution in [2.24, 2.45) is 0 Å². The summed E-state index contributed by atoms with van der Waals surface area (Å²) in [5.74, 6) is -0.778. The van der Waals surface area contributed by atoms with Gasteiger partial charge < -0.3 is 0 Å². The topological polar surface area (TPSA) is 63.2 Å². The van der Waals surface area contributed by atoms with Gasteiger partial charge in [-0.1, -0.05) is 18.2 Å². The predicted molar refractivity (Wildman–Crippen MR) is 65.3 cm³/mol. The highest BCUT2D eigenvalue weighted by molar-refractivity contribution is 7.89. The molecule has 0 saturated heterocycles. The highest BCUT2D eigenvalue weighted by Crippen LogP contribution is 2.49. The molecule has 1 aromatic rings. The first kappa shape index (κ1) is 14.8. The fourth-order valence-electron chi connectivity index (χ4n) is 2.03. The molecule has 0 aliphatic heterocycles. The van der Waals surface area contributed by atoms with Crippen LogP contribution in [-0.2, 0) is 26.4 Å². The first-order valence-electron chi connectivity index (χ1n) is 5.75. The van der Waals surface area contributed by atoms with Crippen molar-refractivity contribution in [3.05, 3.63) is 35.4 Å². The zero-order chi connectivity index (χ0) is 15.2. The molecule has 2 rings (SSSR count). The van der Waals surface area contributed by atoms with Gasteiger partial charge in [0.2, 0.25) is 15.9 Å². The molecule has 1 fully saturated rings. The number of benzene rings is 1. The lowest BCUT2D eigenvalue weighted by Crippen LogP contribution is -2.38. The van der Waals surface area contributed by atoms with Crippen LogP contribution in [0.3, 0.4) is 0 Å². The van der Waals surface area contributed by atoms with Crippen LogP contribution in [0.2, 0.25) is 0 Å². The molecule has 0 radical (unpaired) electrons. The lowest BCUT2D eigenvalue weighted by atomic mass is 9.93. The summed E-state index contributed by atoms with van der Waals surface area (Å²) >= 11 is 0. The number of alkyl halides is 3. The van der Waals surface area contributed by atoms with Crippen LogP contribution in [-0.4, -0.2) is 20.6 Å². The van der Waals surface area contributed by atoms with E-state index in [9.17, 15) is 26.4 Å². The van der Waals surface area contributed by atoms with Crippen LogP contribution < -0.4 is 4.72 Å². The van der Waals surface area contributed by atoms with E-state index in [1.807, 2.05) is 4.72 Å². The molecule has 0 spiro atoms. The Hall–Kier alpha value is -1.57. The van der Waals surface area contributed by atoms with Crippen molar-refractivity contribution in [1.82, 2.24) is 4.72 Å². The minimum atomic E-state index is -4.50. The average molecular weight is 307 g/mol. The zero-order valence-corrected chi connectivity index (χ0v) is 11.3. The SMILES string of the molecule is CS(=O)(=O)NC(=O)C1(c2cccc(C(F)(F)F)c2)CC1. The molecule has 1 saturated carbocycles. The lowest BCUT2D eigenvalue weighted by Gasteiger charge is -2.16. The first-order chi connectivity index (χ1) is 9.05. The van der Waals surface area contributed by atoms with Crippen molar-refractivity contribution in [2.45, 2.75) is 24.4 Å². The fraction of sp³-hybridized carbons (Fsp3) is 0.417. The molecule has 1 aliphatic carbocycles. The van der Waals surface area contributed by atoms with Crippen molar-refractivity contribution in [2.75, 3.05) is 6.26 Å². The molecule has 110 valence electrons. The third-order valence-electron chi connectivity index (χ3n) is 3.21. The van der Waals surface area contributed by atoms with E-state index in [-0.39, 0.29) is 5.56 Å². The molecule has 1 aromatic carbocycles. The Balaban J connectivity index is 2.34. The van der Waals surface area contributed by atoms with Gasteiger partial charge in [-0.05, 0) is 24.5 Å². The number of rotatable bonds is 3. The summed E-state index contributed by atoms with van der Waals surface area (Å²) in [6.07, 6.45) is -3.02. The molecule has 1 N–H and O–H groups in total. The maximum atomic E-state index is 12.7. The molecule has 1 aliphatic rings. The highest BCUT2D eigenvalue weighted by atomic mass is 32.2. The molecule has 1 amide bonds. The lowest BCUT2D eigenvalue weighted by molar-refractivity contribution is -0.137. The summed E-state index contributed by atoms with van der Waals surface area (Å²) in [7, 11) is -3.73. The van der Waals surface area contributed by atoms with Crippen molar-refractivity contribution >= 4 is 15.9 Å². The number of halogens is 3. The number of amides is 1. The van der Waals surface area contributed by atoms with Gasteiger partial charge in [-0.25, -0.2) is 8.42 Å². The van der Waals surface area contributed by atoms with Gasteiger partial charge in [-0.15, -0.1) is 0 Å². The number of carbonyl (C=O) groups is 1. The van der Waals surface area contributed by atoms with Gasteiger partial charge in [0, 0.05) is 0 Å². The van der Waals surface area contributed by atoms with Gasteiger partial charge in [0.15, 0.2) is 0 Å². The molecule has 0 heterocycles. The predicted octanol–water partition coefficient (Wildman–Crippen LogP) is 1.81. The number of sulfonamides is 1. The van der Waals surface area contributed by atoms with Crippen LogP contribution in [0.15, 0.2) is 24.3 Å². The zero-order valence-electron chi connectivity index (χ0n) is 10.5. The normalized spacial score (nSPS) is 17.6. The van der Waals surface area contributed by atoms with Gasteiger partial charge in [-0.3, -0.25) is 9.52 Å². The second-order valence-electron chi connectivity index (χ2n) is 4.86.